The fourth-order valence-electron chi connectivity index (χ4n) is 1.41. The molecule has 1 amide bonds. The number of primary amides is 1. The maximum Gasteiger partial charge on any atom is 0.248 e. The number of hydrogen-bond acceptors (Lipinski definition) is 3. The molecule has 0 saturated carbocycles. The Kier molecular flexibility index (Phi) is 6.40. The van der Waals surface area contributed by atoms with E-state index < -0.39 is 5.91 Å². The quantitative estimate of drug-likeness (QED) is 0.749. The van der Waals surface area contributed by atoms with Gasteiger partial charge in [0.1, 0.15) is 0 Å². The normalized spacial score (nSPS) is 10.5. The van der Waals surface area contributed by atoms with Crippen molar-refractivity contribution in [1.82, 2.24) is 5.32 Å². The average Bonchev–Trinajstić information content (AvgIpc) is 2.30. The van der Waals surface area contributed by atoms with Crippen molar-refractivity contribution >= 4 is 29.3 Å². The number of hydrogen-bond donors (Lipinski definition) is 2. The SMILES string of the molecule is CSCCCNCc1ccc(C(N)=O)cc1Cl. The molecule has 0 radical (unpaired) electrons. The first-order valence-corrected chi connectivity index (χ1v) is 7.20. The number of benzene rings is 1. The number of carbonyl (C=O) groups excluding carboxylic acids is 1. The van der Waals surface area contributed by atoms with E-state index in [2.05, 4.69) is 11.6 Å². The molecule has 0 aliphatic rings. The van der Waals surface area contributed by atoms with Gasteiger partial charge in [-0.05, 0) is 42.7 Å². The molecule has 5 heteroatoms. The van der Waals surface area contributed by atoms with Crippen molar-refractivity contribution in [2.45, 2.75) is 13.0 Å². The Hall–Kier alpha value is -0.710. The third kappa shape index (κ3) is 4.98. The molecule has 1 rings (SSSR count). The zero-order chi connectivity index (χ0) is 12.7. The summed E-state index contributed by atoms with van der Waals surface area (Å²) in [5.41, 5.74) is 6.60. The molecule has 3 nitrogen and oxygen atoms in total. The molecule has 0 atom stereocenters. The Morgan fingerprint density at radius 3 is 2.88 bits per heavy atom. The maximum absolute atomic E-state index is 10.9. The molecule has 1 aromatic rings. The lowest BCUT2D eigenvalue weighted by molar-refractivity contribution is 0.100. The molecule has 0 spiro atoms. The highest BCUT2D eigenvalue weighted by molar-refractivity contribution is 7.98. The molecule has 17 heavy (non-hydrogen) atoms. The van der Waals surface area contributed by atoms with Crippen LogP contribution in [0.1, 0.15) is 22.3 Å². The number of nitrogens with two attached hydrogens (primary N) is 1. The van der Waals surface area contributed by atoms with Crippen LogP contribution in [0.2, 0.25) is 5.02 Å². The Bertz CT molecular complexity index is 385. The van der Waals surface area contributed by atoms with Crippen LogP contribution in [0.25, 0.3) is 0 Å². The van der Waals surface area contributed by atoms with Crippen molar-refractivity contribution in [3.63, 3.8) is 0 Å². The second-order valence-electron chi connectivity index (χ2n) is 3.69. The minimum atomic E-state index is -0.452. The average molecular weight is 273 g/mol. The first-order valence-electron chi connectivity index (χ1n) is 5.43. The Morgan fingerprint density at radius 2 is 2.29 bits per heavy atom. The fraction of sp³-hybridized carbons (Fsp3) is 0.417. The summed E-state index contributed by atoms with van der Waals surface area (Å²) in [5, 5.41) is 3.89. The zero-order valence-electron chi connectivity index (χ0n) is 9.83. The number of thioether (sulfide) groups is 1. The smallest absolute Gasteiger partial charge is 0.248 e. The van der Waals surface area contributed by atoms with E-state index in [0.29, 0.717) is 17.1 Å². The predicted octanol–water partition coefficient (Wildman–Crippen LogP) is 2.28. The highest BCUT2D eigenvalue weighted by Crippen LogP contribution is 2.17. The van der Waals surface area contributed by atoms with E-state index in [4.69, 9.17) is 17.3 Å². The Labute approximate surface area is 111 Å². The van der Waals surface area contributed by atoms with Gasteiger partial charge in [0.25, 0.3) is 0 Å². The van der Waals surface area contributed by atoms with E-state index in [1.54, 1.807) is 12.1 Å². The van der Waals surface area contributed by atoms with Crippen LogP contribution >= 0.6 is 23.4 Å². The van der Waals surface area contributed by atoms with Gasteiger partial charge in [0.05, 0.1) is 0 Å². The predicted molar refractivity (Wildman–Crippen MR) is 74.7 cm³/mol. The highest BCUT2D eigenvalue weighted by atomic mass is 35.5. The highest BCUT2D eigenvalue weighted by Gasteiger charge is 2.05. The second-order valence-corrected chi connectivity index (χ2v) is 5.09. The van der Waals surface area contributed by atoms with Crippen LogP contribution in [0.15, 0.2) is 18.2 Å². The topological polar surface area (TPSA) is 55.1 Å². The van der Waals surface area contributed by atoms with Crippen molar-refractivity contribution in [3.8, 4) is 0 Å². The molecule has 0 fully saturated rings. The molecule has 0 aromatic heterocycles. The molecule has 0 bridgehead atoms. The van der Waals surface area contributed by atoms with Gasteiger partial charge in [-0.1, -0.05) is 17.7 Å². The standard InChI is InChI=1S/C12H17ClN2OS/c1-17-6-2-5-15-8-10-4-3-9(12(14)16)7-11(10)13/h3-4,7,15H,2,5-6,8H2,1H3,(H2,14,16). The van der Waals surface area contributed by atoms with Crippen molar-refractivity contribution in [2.24, 2.45) is 5.73 Å². The lowest BCUT2D eigenvalue weighted by atomic mass is 10.1. The summed E-state index contributed by atoms with van der Waals surface area (Å²) in [6.45, 7) is 1.68. The Morgan fingerprint density at radius 1 is 1.53 bits per heavy atom. The van der Waals surface area contributed by atoms with E-state index in [1.807, 2.05) is 17.8 Å². The molecular weight excluding hydrogens is 256 g/mol. The number of rotatable bonds is 7. The van der Waals surface area contributed by atoms with Gasteiger partial charge in [0.2, 0.25) is 5.91 Å². The fourth-order valence-corrected chi connectivity index (χ4v) is 2.09. The van der Waals surface area contributed by atoms with Crippen LogP contribution in [0.4, 0.5) is 0 Å². The first kappa shape index (κ1) is 14.4. The van der Waals surface area contributed by atoms with Gasteiger partial charge in [-0.3, -0.25) is 4.79 Å². The number of nitrogens with one attached hydrogen (secondary N) is 1. The van der Waals surface area contributed by atoms with Crippen molar-refractivity contribution in [3.05, 3.63) is 34.3 Å². The third-order valence-corrected chi connectivity index (χ3v) is 3.40. The summed E-state index contributed by atoms with van der Waals surface area (Å²) < 4.78 is 0. The minimum Gasteiger partial charge on any atom is -0.366 e. The van der Waals surface area contributed by atoms with E-state index in [-0.39, 0.29) is 0 Å². The Balaban J connectivity index is 2.46. The van der Waals surface area contributed by atoms with E-state index in [0.717, 1.165) is 24.3 Å². The summed E-state index contributed by atoms with van der Waals surface area (Å²) in [4.78, 5) is 10.9. The van der Waals surface area contributed by atoms with Crippen LogP contribution in [0.3, 0.4) is 0 Å². The molecular formula is C12H17ClN2OS. The van der Waals surface area contributed by atoms with Gasteiger partial charge in [-0.15, -0.1) is 0 Å². The number of halogens is 1. The monoisotopic (exact) mass is 272 g/mol. The largest absolute Gasteiger partial charge is 0.366 e. The maximum atomic E-state index is 10.9. The van der Waals surface area contributed by atoms with Gasteiger partial charge in [-0.25, -0.2) is 0 Å². The van der Waals surface area contributed by atoms with Crippen LogP contribution in [0.5, 0.6) is 0 Å². The van der Waals surface area contributed by atoms with Crippen LogP contribution in [0, 0.1) is 0 Å². The zero-order valence-corrected chi connectivity index (χ0v) is 11.4. The lowest BCUT2D eigenvalue weighted by Gasteiger charge is -2.07. The molecule has 0 aliphatic carbocycles. The van der Waals surface area contributed by atoms with Gasteiger partial charge >= 0.3 is 0 Å². The summed E-state index contributed by atoms with van der Waals surface area (Å²) in [5.74, 6) is 0.702. The summed E-state index contributed by atoms with van der Waals surface area (Å²) in [7, 11) is 0. The summed E-state index contributed by atoms with van der Waals surface area (Å²) >= 11 is 7.90. The van der Waals surface area contributed by atoms with E-state index >= 15 is 0 Å². The lowest BCUT2D eigenvalue weighted by Crippen LogP contribution is -2.16. The van der Waals surface area contributed by atoms with Gasteiger partial charge in [-0.2, -0.15) is 11.8 Å². The second kappa shape index (κ2) is 7.58. The van der Waals surface area contributed by atoms with Crippen LogP contribution in [-0.2, 0) is 6.54 Å². The van der Waals surface area contributed by atoms with Gasteiger partial charge in [0.15, 0.2) is 0 Å². The molecule has 0 heterocycles. The van der Waals surface area contributed by atoms with Gasteiger partial charge in [0, 0.05) is 17.1 Å². The molecule has 0 unspecified atom stereocenters. The first-order chi connectivity index (χ1) is 8.15. The summed E-state index contributed by atoms with van der Waals surface area (Å²) in [6.07, 6.45) is 3.23. The molecule has 0 aliphatic heterocycles. The molecule has 0 saturated heterocycles. The van der Waals surface area contributed by atoms with Crippen LogP contribution in [-0.4, -0.2) is 24.5 Å². The molecule has 3 N–H and O–H groups in total. The van der Waals surface area contributed by atoms with Crippen LogP contribution < -0.4 is 11.1 Å². The van der Waals surface area contributed by atoms with E-state index in [1.165, 1.54) is 0 Å². The van der Waals surface area contributed by atoms with Crippen molar-refractivity contribution in [1.29, 1.82) is 0 Å². The van der Waals surface area contributed by atoms with Crippen molar-refractivity contribution < 1.29 is 4.79 Å². The summed E-state index contributed by atoms with van der Waals surface area (Å²) in [6, 6.07) is 5.15. The van der Waals surface area contributed by atoms with E-state index in [9.17, 15) is 4.79 Å². The van der Waals surface area contributed by atoms with Crippen molar-refractivity contribution in [2.75, 3.05) is 18.6 Å². The number of amides is 1. The van der Waals surface area contributed by atoms with Gasteiger partial charge < -0.3 is 11.1 Å². The minimum absolute atomic E-state index is 0.445. The number of carbonyl (C=O) groups is 1. The third-order valence-electron chi connectivity index (χ3n) is 2.36. The molecule has 94 valence electrons. The molecule has 1 aromatic carbocycles.